The highest BCUT2D eigenvalue weighted by atomic mass is 32.1. The molecule has 0 aliphatic heterocycles. The molecular formula is C18H18N3O4S+. The minimum atomic E-state index is -0.449. The Hall–Kier alpha value is -2.71. The maximum Gasteiger partial charge on any atom is 0.287 e. The molecule has 0 unspecified atom stereocenters. The van der Waals surface area contributed by atoms with E-state index >= 15 is 0 Å². The number of non-ortho nitro benzene ring substituents is 1. The molecule has 1 aliphatic carbocycles. The minimum absolute atomic E-state index is 0.00385. The number of thiazole rings is 1. The molecule has 1 aliphatic rings. The van der Waals surface area contributed by atoms with Crippen LogP contribution in [-0.2, 0) is 9.59 Å². The van der Waals surface area contributed by atoms with Crippen molar-refractivity contribution in [3.05, 3.63) is 51.5 Å². The van der Waals surface area contributed by atoms with E-state index in [1.165, 1.54) is 29.7 Å². The zero-order chi connectivity index (χ0) is 18.9. The van der Waals surface area contributed by atoms with E-state index in [0.717, 1.165) is 0 Å². The number of aromatic nitrogens is 1. The predicted molar refractivity (Wildman–Crippen MR) is 96.9 cm³/mol. The Morgan fingerprint density at radius 1 is 1.27 bits per heavy atom. The average Bonchev–Trinajstić information content (AvgIpc) is 3.02. The monoisotopic (exact) mass is 372 g/mol. The van der Waals surface area contributed by atoms with Gasteiger partial charge in [-0.05, 0) is 5.41 Å². The Morgan fingerprint density at radius 2 is 1.96 bits per heavy atom. The molecular weight excluding hydrogens is 354 g/mol. The number of carbonyl (C=O) groups excluding carboxylic acids is 2. The van der Waals surface area contributed by atoms with E-state index in [9.17, 15) is 19.7 Å². The fourth-order valence-electron chi connectivity index (χ4n) is 2.89. The van der Waals surface area contributed by atoms with Gasteiger partial charge in [-0.1, -0.05) is 37.3 Å². The molecule has 1 heterocycles. The Balaban J connectivity index is 1.77. The molecule has 26 heavy (non-hydrogen) atoms. The number of carbonyl (C=O) groups is 2. The van der Waals surface area contributed by atoms with E-state index < -0.39 is 4.92 Å². The topological polar surface area (TPSA) is 107 Å². The average molecular weight is 372 g/mol. The summed E-state index contributed by atoms with van der Waals surface area (Å²) < 4.78 is 0. The quantitative estimate of drug-likeness (QED) is 0.384. The molecule has 2 N–H and O–H groups in total. The van der Waals surface area contributed by atoms with E-state index in [4.69, 9.17) is 0 Å². The Bertz CT molecular complexity index is 908. The lowest BCUT2D eigenvalue weighted by Crippen LogP contribution is -2.71. The molecule has 2 aromatic rings. The van der Waals surface area contributed by atoms with Crippen LogP contribution in [0, 0.1) is 15.5 Å². The molecule has 0 spiro atoms. The molecule has 1 aromatic heterocycles. The van der Waals surface area contributed by atoms with Crippen molar-refractivity contribution >= 4 is 33.7 Å². The molecule has 134 valence electrons. The zero-order valence-electron chi connectivity index (χ0n) is 14.4. The first-order valence-corrected chi connectivity index (χ1v) is 8.95. The third-order valence-electron chi connectivity index (χ3n) is 4.15. The maximum atomic E-state index is 12.2. The molecule has 3 rings (SSSR count). The van der Waals surface area contributed by atoms with E-state index in [-0.39, 0.29) is 28.2 Å². The summed E-state index contributed by atoms with van der Waals surface area (Å²) in [6.45, 7) is 3.82. The van der Waals surface area contributed by atoms with Crippen LogP contribution < -0.4 is 5.32 Å². The van der Waals surface area contributed by atoms with Crippen LogP contribution in [0.15, 0.2) is 41.4 Å². The van der Waals surface area contributed by atoms with E-state index in [1.54, 1.807) is 22.8 Å². The summed E-state index contributed by atoms with van der Waals surface area (Å²) in [5, 5.41) is 15.0. The van der Waals surface area contributed by atoms with Gasteiger partial charge in [-0.15, -0.1) is 0 Å². The SMILES string of the molecule is CC1(C)CC(=O)C(=C[NH2+]c2nc(-c3cccc([N+](=O)[O-])c3)cs2)C(=O)C1. The van der Waals surface area contributed by atoms with Crippen molar-refractivity contribution in [2.24, 2.45) is 5.41 Å². The van der Waals surface area contributed by atoms with Gasteiger partial charge in [0.25, 0.3) is 10.8 Å². The van der Waals surface area contributed by atoms with Crippen molar-refractivity contribution in [2.45, 2.75) is 26.7 Å². The molecule has 0 amide bonds. The number of Topliss-reactive ketones (excluding diaryl/α,β-unsaturated/α-hetero) is 2. The maximum absolute atomic E-state index is 12.2. The summed E-state index contributed by atoms with van der Waals surface area (Å²) in [5.74, 6) is -0.282. The van der Waals surface area contributed by atoms with Crippen LogP contribution in [0.3, 0.4) is 0 Å². The lowest BCUT2D eigenvalue weighted by Gasteiger charge is -2.27. The summed E-state index contributed by atoms with van der Waals surface area (Å²) in [6.07, 6.45) is 2.25. The first kappa shape index (κ1) is 18.1. The van der Waals surface area contributed by atoms with Crippen molar-refractivity contribution in [1.82, 2.24) is 4.98 Å². The summed E-state index contributed by atoms with van der Waals surface area (Å²) in [7, 11) is 0. The first-order chi connectivity index (χ1) is 12.2. The van der Waals surface area contributed by atoms with Crippen molar-refractivity contribution in [3.63, 3.8) is 0 Å². The second-order valence-corrected chi connectivity index (χ2v) is 7.88. The number of benzene rings is 1. The van der Waals surface area contributed by atoms with Gasteiger partial charge in [0.1, 0.15) is 11.8 Å². The molecule has 0 radical (unpaired) electrons. The molecule has 0 saturated heterocycles. The Labute approximate surface area is 153 Å². The number of hydrogen-bond acceptors (Lipinski definition) is 6. The fourth-order valence-corrected chi connectivity index (χ4v) is 3.61. The molecule has 0 bridgehead atoms. The molecule has 0 atom stereocenters. The molecule has 8 heteroatoms. The second kappa shape index (κ2) is 6.89. The van der Waals surface area contributed by atoms with E-state index in [1.807, 2.05) is 13.8 Å². The van der Waals surface area contributed by atoms with Gasteiger partial charge in [0, 0.05) is 35.9 Å². The van der Waals surface area contributed by atoms with Crippen LogP contribution in [0.4, 0.5) is 10.8 Å². The fraction of sp³-hybridized carbons (Fsp3) is 0.278. The molecule has 1 aromatic carbocycles. The van der Waals surface area contributed by atoms with Crippen LogP contribution in [0.1, 0.15) is 26.7 Å². The van der Waals surface area contributed by atoms with Crippen LogP contribution in [0.25, 0.3) is 11.3 Å². The zero-order valence-corrected chi connectivity index (χ0v) is 15.2. The lowest BCUT2D eigenvalue weighted by molar-refractivity contribution is -0.496. The largest absolute Gasteiger partial charge is 0.294 e. The number of nitro groups is 1. The number of ketones is 2. The third kappa shape index (κ3) is 3.92. The highest BCUT2D eigenvalue weighted by Crippen LogP contribution is 2.33. The lowest BCUT2D eigenvalue weighted by atomic mass is 9.74. The number of quaternary nitrogens is 1. The number of allylic oxidation sites excluding steroid dienone is 1. The number of nitrogens with two attached hydrogens (primary N) is 1. The Morgan fingerprint density at radius 3 is 2.62 bits per heavy atom. The Kier molecular flexibility index (Phi) is 4.80. The summed E-state index contributed by atoms with van der Waals surface area (Å²) in [4.78, 5) is 39.2. The van der Waals surface area contributed by atoms with Crippen LogP contribution in [-0.4, -0.2) is 21.5 Å². The van der Waals surface area contributed by atoms with Gasteiger partial charge in [-0.2, -0.15) is 4.98 Å². The highest BCUT2D eigenvalue weighted by Gasteiger charge is 2.36. The first-order valence-electron chi connectivity index (χ1n) is 8.07. The van der Waals surface area contributed by atoms with Crippen LogP contribution >= 0.6 is 11.3 Å². The van der Waals surface area contributed by atoms with Gasteiger partial charge in [-0.3, -0.25) is 25.0 Å². The number of nitro benzene ring substituents is 1. The van der Waals surface area contributed by atoms with Crippen LogP contribution in [0.5, 0.6) is 0 Å². The normalized spacial score (nSPS) is 16.6. The van der Waals surface area contributed by atoms with Gasteiger partial charge in [0.15, 0.2) is 11.6 Å². The van der Waals surface area contributed by atoms with Gasteiger partial charge >= 0.3 is 0 Å². The van der Waals surface area contributed by atoms with Gasteiger partial charge in [0.2, 0.25) is 0 Å². The van der Waals surface area contributed by atoms with E-state index in [2.05, 4.69) is 4.98 Å². The number of rotatable bonds is 4. The molecule has 1 saturated carbocycles. The van der Waals surface area contributed by atoms with E-state index in [0.29, 0.717) is 29.2 Å². The number of nitrogens with zero attached hydrogens (tertiary/aromatic N) is 2. The van der Waals surface area contributed by atoms with Crippen LogP contribution in [0.2, 0.25) is 0 Å². The summed E-state index contributed by atoms with van der Waals surface area (Å²) in [5.41, 5.74) is 1.20. The van der Waals surface area contributed by atoms with Gasteiger partial charge in [-0.25, -0.2) is 0 Å². The van der Waals surface area contributed by atoms with Crippen molar-refractivity contribution in [2.75, 3.05) is 0 Å². The summed E-state index contributed by atoms with van der Waals surface area (Å²) in [6, 6.07) is 6.25. The molecule has 1 fully saturated rings. The van der Waals surface area contributed by atoms with Crippen molar-refractivity contribution < 1.29 is 19.8 Å². The summed E-state index contributed by atoms with van der Waals surface area (Å²) >= 11 is 1.35. The third-order valence-corrected chi connectivity index (χ3v) is 4.96. The van der Waals surface area contributed by atoms with Crippen molar-refractivity contribution in [3.8, 4) is 11.3 Å². The van der Waals surface area contributed by atoms with Gasteiger partial charge < -0.3 is 0 Å². The highest BCUT2D eigenvalue weighted by molar-refractivity contribution is 7.13. The number of hydrogen-bond donors (Lipinski definition) is 1. The predicted octanol–water partition coefficient (Wildman–Crippen LogP) is 2.76. The van der Waals surface area contributed by atoms with Gasteiger partial charge in [0.05, 0.1) is 10.6 Å². The minimum Gasteiger partial charge on any atom is -0.294 e. The smallest absolute Gasteiger partial charge is 0.287 e. The molecule has 7 nitrogen and oxygen atoms in total. The standard InChI is InChI=1S/C18H17N3O4S/c1-18(2)7-15(22)13(16(23)8-18)9-19-17-20-14(10-26-17)11-4-3-5-12(6-11)21(24)25/h3-6,9-10H,7-8H2,1-2H3,(H,19,20)/p+1. The second-order valence-electron chi connectivity index (χ2n) is 6.99. The van der Waals surface area contributed by atoms with Crippen molar-refractivity contribution in [1.29, 1.82) is 0 Å².